The molecule has 1 atom stereocenters. The van der Waals surface area contributed by atoms with E-state index in [9.17, 15) is 4.79 Å². The third kappa shape index (κ3) is 5.90. The molecule has 5 heteroatoms. The van der Waals surface area contributed by atoms with E-state index in [4.69, 9.17) is 4.74 Å². The minimum absolute atomic E-state index is 0.237. The summed E-state index contributed by atoms with van der Waals surface area (Å²) in [5.74, 6) is 0.219. The SMILES string of the molecule is CN[C@H](CS)C(=O)OCCN(C)C. The lowest BCUT2D eigenvalue weighted by atomic mass is 10.3. The Morgan fingerprint density at radius 1 is 1.62 bits per heavy atom. The Morgan fingerprint density at radius 3 is 2.62 bits per heavy atom. The van der Waals surface area contributed by atoms with Crippen molar-refractivity contribution < 1.29 is 9.53 Å². The maximum absolute atomic E-state index is 11.2. The van der Waals surface area contributed by atoms with Crippen molar-refractivity contribution in [3.05, 3.63) is 0 Å². The minimum Gasteiger partial charge on any atom is -0.463 e. The standard InChI is InChI=1S/C8H18N2O2S/c1-9-7(6-13)8(11)12-5-4-10(2)3/h7,9,13H,4-6H2,1-3H3/t7-/m1/s1. The zero-order chi connectivity index (χ0) is 10.3. The first-order chi connectivity index (χ1) is 6.11. The summed E-state index contributed by atoms with van der Waals surface area (Å²) in [5.41, 5.74) is 0. The van der Waals surface area contributed by atoms with Crippen LogP contribution in [-0.2, 0) is 9.53 Å². The van der Waals surface area contributed by atoms with Crippen molar-refractivity contribution in [3.8, 4) is 0 Å². The molecule has 0 saturated heterocycles. The Balaban J connectivity index is 3.60. The Bertz CT molecular complexity index is 149. The lowest BCUT2D eigenvalue weighted by Crippen LogP contribution is -2.38. The number of rotatable bonds is 6. The first-order valence-corrected chi connectivity index (χ1v) is 4.84. The average Bonchev–Trinajstić information content (AvgIpc) is 2.05. The van der Waals surface area contributed by atoms with Crippen molar-refractivity contribution >= 4 is 18.6 Å². The molecule has 0 amide bonds. The van der Waals surface area contributed by atoms with E-state index in [1.54, 1.807) is 7.05 Å². The summed E-state index contributed by atoms with van der Waals surface area (Å²) in [6.45, 7) is 1.17. The van der Waals surface area contributed by atoms with Crippen molar-refractivity contribution in [2.45, 2.75) is 6.04 Å². The van der Waals surface area contributed by atoms with Crippen LogP contribution in [0, 0.1) is 0 Å². The van der Waals surface area contributed by atoms with E-state index >= 15 is 0 Å². The van der Waals surface area contributed by atoms with Crippen LogP contribution in [0.2, 0.25) is 0 Å². The molecule has 0 bridgehead atoms. The van der Waals surface area contributed by atoms with E-state index in [1.165, 1.54) is 0 Å². The molecule has 0 fully saturated rings. The smallest absolute Gasteiger partial charge is 0.324 e. The van der Waals surface area contributed by atoms with Gasteiger partial charge in [-0.1, -0.05) is 0 Å². The summed E-state index contributed by atoms with van der Waals surface area (Å²) in [5, 5.41) is 2.83. The van der Waals surface area contributed by atoms with Crippen LogP contribution in [0.15, 0.2) is 0 Å². The van der Waals surface area contributed by atoms with Crippen molar-refractivity contribution in [2.75, 3.05) is 40.0 Å². The van der Waals surface area contributed by atoms with Crippen LogP contribution in [0.4, 0.5) is 0 Å². The highest BCUT2D eigenvalue weighted by Crippen LogP contribution is 1.91. The second-order valence-electron chi connectivity index (χ2n) is 2.99. The summed E-state index contributed by atoms with van der Waals surface area (Å²) in [7, 11) is 5.58. The van der Waals surface area contributed by atoms with Gasteiger partial charge in [0.25, 0.3) is 0 Å². The lowest BCUT2D eigenvalue weighted by Gasteiger charge is -2.14. The van der Waals surface area contributed by atoms with E-state index in [0.717, 1.165) is 6.54 Å². The molecule has 0 aliphatic heterocycles. The van der Waals surface area contributed by atoms with Gasteiger partial charge in [-0.3, -0.25) is 4.79 Å². The fourth-order valence-corrected chi connectivity index (χ4v) is 1.04. The van der Waals surface area contributed by atoms with E-state index in [-0.39, 0.29) is 12.0 Å². The van der Waals surface area contributed by atoms with Gasteiger partial charge in [-0.25, -0.2) is 0 Å². The van der Waals surface area contributed by atoms with Gasteiger partial charge >= 0.3 is 5.97 Å². The van der Waals surface area contributed by atoms with Gasteiger partial charge in [-0.15, -0.1) is 0 Å². The highest BCUT2D eigenvalue weighted by Gasteiger charge is 2.15. The molecular formula is C8H18N2O2S. The van der Waals surface area contributed by atoms with Gasteiger partial charge in [0.15, 0.2) is 0 Å². The van der Waals surface area contributed by atoms with Crippen molar-refractivity contribution in [1.82, 2.24) is 10.2 Å². The van der Waals surface area contributed by atoms with Crippen LogP contribution in [0.25, 0.3) is 0 Å². The molecule has 0 saturated carbocycles. The monoisotopic (exact) mass is 206 g/mol. The van der Waals surface area contributed by atoms with Crippen LogP contribution >= 0.6 is 12.6 Å². The number of ether oxygens (including phenoxy) is 1. The van der Waals surface area contributed by atoms with Gasteiger partial charge in [0.1, 0.15) is 12.6 Å². The zero-order valence-corrected chi connectivity index (χ0v) is 9.30. The number of nitrogens with one attached hydrogen (secondary N) is 1. The van der Waals surface area contributed by atoms with Gasteiger partial charge < -0.3 is 15.0 Å². The van der Waals surface area contributed by atoms with Gasteiger partial charge in [0, 0.05) is 12.3 Å². The summed E-state index contributed by atoms with van der Waals surface area (Å²) in [4.78, 5) is 13.2. The predicted molar refractivity (Wildman–Crippen MR) is 56.2 cm³/mol. The zero-order valence-electron chi connectivity index (χ0n) is 8.41. The minimum atomic E-state index is -0.300. The molecule has 0 heterocycles. The molecule has 0 rings (SSSR count). The number of hydrogen-bond acceptors (Lipinski definition) is 5. The van der Waals surface area contributed by atoms with Crippen LogP contribution in [-0.4, -0.2) is 57.0 Å². The third-order valence-corrected chi connectivity index (χ3v) is 1.96. The number of hydrogen-bond donors (Lipinski definition) is 2. The number of esters is 1. The molecule has 0 unspecified atom stereocenters. The van der Waals surface area contributed by atoms with Crippen molar-refractivity contribution in [1.29, 1.82) is 0 Å². The maximum atomic E-state index is 11.2. The average molecular weight is 206 g/mol. The predicted octanol–water partition coefficient (Wildman–Crippen LogP) is -0.391. The Kier molecular flexibility index (Phi) is 7.03. The van der Waals surface area contributed by atoms with Gasteiger partial charge in [-0.05, 0) is 21.1 Å². The van der Waals surface area contributed by atoms with E-state index in [2.05, 4.69) is 17.9 Å². The van der Waals surface area contributed by atoms with Crippen LogP contribution in [0.5, 0.6) is 0 Å². The first kappa shape index (κ1) is 12.7. The molecule has 0 aliphatic rings. The molecule has 78 valence electrons. The van der Waals surface area contributed by atoms with Gasteiger partial charge in [0.2, 0.25) is 0 Å². The van der Waals surface area contributed by atoms with E-state index in [0.29, 0.717) is 12.4 Å². The van der Waals surface area contributed by atoms with Crippen LogP contribution in [0.3, 0.4) is 0 Å². The Morgan fingerprint density at radius 2 is 2.23 bits per heavy atom. The Labute approximate surface area is 85.0 Å². The molecule has 4 nitrogen and oxygen atoms in total. The molecule has 0 aromatic carbocycles. The molecule has 0 aromatic rings. The van der Waals surface area contributed by atoms with Crippen LogP contribution in [0.1, 0.15) is 0 Å². The second-order valence-corrected chi connectivity index (χ2v) is 3.36. The Hall–Kier alpha value is -0.260. The lowest BCUT2D eigenvalue weighted by molar-refractivity contribution is -0.145. The highest BCUT2D eigenvalue weighted by atomic mass is 32.1. The third-order valence-electron chi connectivity index (χ3n) is 1.60. The van der Waals surface area contributed by atoms with Crippen molar-refractivity contribution in [2.24, 2.45) is 0 Å². The summed E-state index contributed by atoms with van der Waals surface area (Å²) < 4.78 is 5.00. The summed E-state index contributed by atoms with van der Waals surface area (Å²) in [6.07, 6.45) is 0. The summed E-state index contributed by atoms with van der Waals surface area (Å²) in [6, 6.07) is -0.300. The highest BCUT2D eigenvalue weighted by molar-refractivity contribution is 7.80. The van der Waals surface area contributed by atoms with Crippen LogP contribution < -0.4 is 5.32 Å². The fraction of sp³-hybridized carbons (Fsp3) is 0.875. The molecule has 1 N–H and O–H groups in total. The molecule has 0 spiro atoms. The first-order valence-electron chi connectivity index (χ1n) is 4.21. The molecule has 0 radical (unpaired) electrons. The van der Waals surface area contributed by atoms with Gasteiger partial charge in [0.05, 0.1) is 0 Å². The number of likely N-dealkylation sites (N-methyl/N-ethyl adjacent to an activating group) is 2. The second kappa shape index (κ2) is 7.17. The molecule has 0 aromatic heterocycles. The normalized spacial score (nSPS) is 13.0. The fourth-order valence-electron chi connectivity index (χ4n) is 0.713. The quantitative estimate of drug-likeness (QED) is 0.459. The number of nitrogens with zero attached hydrogens (tertiary/aromatic N) is 1. The van der Waals surface area contributed by atoms with E-state index in [1.807, 2.05) is 19.0 Å². The van der Waals surface area contributed by atoms with Gasteiger partial charge in [-0.2, -0.15) is 12.6 Å². The largest absolute Gasteiger partial charge is 0.463 e. The topological polar surface area (TPSA) is 41.6 Å². The van der Waals surface area contributed by atoms with E-state index < -0.39 is 0 Å². The molecule has 13 heavy (non-hydrogen) atoms. The maximum Gasteiger partial charge on any atom is 0.324 e. The molecular weight excluding hydrogens is 188 g/mol. The number of thiol groups is 1. The summed E-state index contributed by atoms with van der Waals surface area (Å²) >= 11 is 4.02. The number of carbonyl (C=O) groups excluding carboxylic acids is 1. The number of carbonyl (C=O) groups is 1. The van der Waals surface area contributed by atoms with Crippen molar-refractivity contribution in [3.63, 3.8) is 0 Å². The molecule has 0 aliphatic carbocycles.